The second kappa shape index (κ2) is 6.06. The Bertz CT molecular complexity index is 590. The van der Waals surface area contributed by atoms with Crippen molar-refractivity contribution in [2.45, 2.75) is 26.3 Å². The van der Waals surface area contributed by atoms with E-state index in [0.29, 0.717) is 17.7 Å². The number of hydrogen-bond acceptors (Lipinski definition) is 2. The number of methoxy groups -OCH3 is 1. The molecule has 0 radical (unpaired) electrons. The standard InChI is InChI=1S/C17H20FNO/c1-11-7-12(2)9-13(8-11)10-15(19)17-14(18)5-4-6-16(17)20-3/h4-9,15H,10,19H2,1-3H3. The van der Waals surface area contributed by atoms with Gasteiger partial charge in [0, 0.05) is 11.6 Å². The smallest absolute Gasteiger partial charge is 0.131 e. The zero-order valence-electron chi connectivity index (χ0n) is 12.1. The van der Waals surface area contributed by atoms with Crippen molar-refractivity contribution >= 4 is 0 Å². The number of rotatable bonds is 4. The van der Waals surface area contributed by atoms with Gasteiger partial charge in [0.25, 0.3) is 0 Å². The number of nitrogens with two attached hydrogens (primary N) is 1. The molecule has 2 rings (SSSR count). The fraction of sp³-hybridized carbons (Fsp3) is 0.294. The predicted molar refractivity (Wildman–Crippen MR) is 79.5 cm³/mol. The van der Waals surface area contributed by atoms with E-state index in [1.807, 2.05) is 13.8 Å². The first-order chi connectivity index (χ1) is 9.51. The molecule has 0 aliphatic rings. The van der Waals surface area contributed by atoms with Crippen LogP contribution in [0.25, 0.3) is 0 Å². The molecular formula is C17H20FNO. The molecule has 0 aliphatic carbocycles. The minimum atomic E-state index is -0.424. The molecule has 0 heterocycles. The second-order valence-electron chi connectivity index (χ2n) is 5.16. The third-order valence-corrected chi connectivity index (χ3v) is 3.34. The third kappa shape index (κ3) is 3.17. The summed E-state index contributed by atoms with van der Waals surface area (Å²) in [6, 6.07) is 10.6. The van der Waals surface area contributed by atoms with Crippen molar-refractivity contribution < 1.29 is 9.13 Å². The molecule has 2 aromatic carbocycles. The molecule has 1 atom stereocenters. The lowest BCUT2D eigenvalue weighted by molar-refractivity contribution is 0.399. The van der Waals surface area contributed by atoms with E-state index in [9.17, 15) is 4.39 Å². The zero-order chi connectivity index (χ0) is 14.7. The van der Waals surface area contributed by atoms with Gasteiger partial charge in [-0.05, 0) is 38.0 Å². The summed E-state index contributed by atoms with van der Waals surface area (Å²) in [5, 5.41) is 0. The van der Waals surface area contributed by atoms with Crippen LogP contribution in [-0.4, -0.2) is 7.11 Å². The number of ether oxygens (including phenoxy) is 1. The van der Waals surface area contributed by atoms with E-state index in [-0.39, 0.29) is 5.82 Å². The highest BCUT2D eigenvalue weighted by atomic mass is 19.1. The predicted octanol–water partition coefficient (Wildman–Crippen LogP) is 3.69. The van der Waals surface area contributed by atoms with Gasteiger partial charge >= 0.3 is 0 Å². The van der Waals surface area contributed by atoms with Crippen molar-refractivity contribution in [3.05, 3.63) is 64.5 Å². The first-order valence-electron chi connectivity index (χ1n) is 6.66. The maximum absolute atomic E-state index is 14.0. The SMILES string of the molecule is COc1cccc(F)c1C(N)Cc1cc(C)cc(C)c1. The van der Waals surface area contributed by atoms with Crippen LogP contribution in [-0.2, 0) is 6.42 Å². The van der Waals surface area contributed by atoms with E-state index in [0.717, 1.165) is 5.56 Å². The van der Waals surface area contributed by atoms with Gasteiger partial charge in [0.15, 0.2) is 0 Å². The summed E-state index contributed by atoms with van der Waals surface area (Å²) >= 11 is 0. The van der Waals surface area contributed by atoms with Gasteiger partial charge in [-0.2, -0.15) is 0 Å². The Morgan fingerprint density at radius 3 is 2.40 bits per heavy atom. The van der Waals surface area contributed by atoms with Crippen molar-refractivity contribution in [1.29, 1.82) is 0 Å². The Kier molecular flexibility index (Phi) is 4.40. The topological polar surface area (TPSA) is 35.2 Å². The molecular weight excluding hydrogens is 253 g/mol. The van der Waals surface area contributed by atoms with Gasteiger partial charge in [-0.25, -0.2) is 4.39 Å². The van der Waals surface area contributed by atoms with E-state index in [1.165, 1.54) is 24.3 Å². The Hall–Kier alpha value is -1.87. The average Bonchev–Trinajstić information content (AvgIpc) is 2.36. The van der Waals surface area contributed by atoms with Crippen LogP contribution in [0.3, 0.4) is 0 Å². The largest absolute Gasteiger partial charge is 0.496 e. The molecule has 2 nitrogen and oxygen atoms in total. The van der Waals surface area contributed by atoms with E-state index >= 15 is 0 Å². The number of benzene rings is 2. The summed E-state index contributed by atoms with van der Waals surface area (Å²) in [7, 11) is 1.53. The minimum Gasteiger partial charge on any atom is -0.496 e. The van der Waals surface area contributed by atoms with E-state index in [2.05, 4.69) is 18.2 Å². The fourth-order valence-corrected chi connectivity index (χ4v) is 2.60. The fourth-order valence-electron chi connectivity index (χ4n) is 2.60. The minimum absolute atomic E-state index is 0.318. The second-order valence-corrected chi connectivity index (χ2v) is 5.16. The maximum atomic E-state index is 14.0. The number of halogens is 1. The summed E-state index contributed by atoms with van der Waals surface area (Å²) in [5.41, 5.74) is 10.1. The van der Waals surface area contributed by atoms with Crippen molar-refractivity contribution in [2.24, 2.45) is 5.73 Å². The molecule has 0 amide bonds. The van der Waals surface area contributed by atoms with Crippen LogP contribution in [0.5, 0.6) is 5.75 Å². The van der Waals surface area contributed by atoms with Crippen LogP contribution >= 0.6 is 0 Å². The Labute approximate surface area is 119 Å². The van der Waals surface area contributed by atoms with Crippen molar-refractivity contribution in [3.63, 3.8) is 0 Å². The molecule has 2 aromatic rings. The van der Waals surface area contributed by atoms with Crippen molar-refractivity contribution in [1.82, 2.24) is 0 Å². The Balaban J connectivity index is 2.30. The normalized spacial score (nSPS) is 12.2. The lowest BCUT2D eigenvalue weighted by Crippen LogP contribution is -2.16. The van der Waals surface area contributed by atoms with E-state index in [4.69, 9.17) is 10.5 Å². The van der Waals surface area contributed by atoms with Crippen LogP contribution in [0.4, 0.5) is 4.39 Å². The van der Waals surface area contributed by atoms with Crippen LogP contribution < -0.4 is 10.5 Å². The highest BCUT2D eigenvalue weighted by molar-refractivity contribution is 5.38. The average molecular weight is 273 g/mol. The molecule has 0 saturated carbocycles. The van der Waals surface area contributed by atoms with E-state index < -0.39 is 6.04 Å². The summed E-state index contributed by atoms with van der Waals surface area (Å²) in [5.74, 6) is 0.183. The molecule has 20 heavy (non-hydrogen) atoms. The monoisotopic (exact) mass is 273 g/mol. The summed E-state index contributed by atoms with van der Waals surface area (Å²) in [6.45, 7) is 4.09. The first kappa shape index (κ1) is 14.5. The first-order valence-corrected chi connectivity index (χ1v) is 6.66. The van der Waals surface area contributed by atoms with Crippen molar-refractivity contribution in [3.8, 4) is 5.75 Å². The summed E-state index contributed by atoms with van der Waals surface area (Å²) < 4.78 is 19.2. The molecule has 0 saturated heterocycles. The quantitative estimate of drug-likeness (QED) is 0.922. The van der Waals surface area contributed by atoms with Gasteiger partial charge in [0.05, 0.1) is 7.11 Å². The van der Waals surface area contributed by atoms with Crippen LogP contribution in [0.15, 0.2) is 36.4 Å². The van der Waals surface area contributed by atoms with Crippen molar-refractivity contribution in [2.75, 3.05) is 7.11 Å². The molecule has 0 bridgehead atoms. The molecule has 0 fully saturated rings. The van der Waals surface area contributed by atoms with Gasteiger partial charge in [0.2, 0.25) is 0 Å². The molecule has 106 valence electrons. The van der Waals surface area contributed by atoms with Crippen LogP contribution in [0.2, 0.25) is 0 Å². The third-order valence-electron chi connectivity index (χ3n) is 3.34. The van der Waals surface area contributed by atoms with E-state index in [1.54, 1.807) is 12.1 Å². The van der Waals surface area contributed by atoms with Gasteiger partial charge in [-0.3, -0.25) is 0 Å². The van der Waals surface area contributed by atoms with Crippen LogP contribution in [0, 0.1) is 19.7 Å². The zero-order valence-corrected chi connectivity index (χ0v) is 12.1. The van der Waals surface area contributed by atoms with Gasteiger partial charge < -0.3 is 10.5 Å². The highest BCUT2D eigenvalue weighted by Gasteiger charge is 2.17. The molecule has 0 spiro atoms. The van der Waals surface area contributed by atoms with Crippen LogP contribution in [0.1, 0.15) is 28.3 Å². The molecule has 0 aliphatic heterocycles. The maximum Gasteiger partial charge on any atom is 0.131 e. The molecule has 1 unspecified atom stereocenters. The highest BCUT2D eigenvalue weighted by Crippen LogP contribution is 2.29. The van der Waals surface area contributed by atoms with Gasteiger partial charge in [-0.15, -0.1) is 0 Å². The lowest BCUT2D eigenvalue weighted by atomic mass is 9.96. The van der Waals surface area contributed by atoms with Gasteiger partial charge in [0.1, 0.15) is 11.6 Å². The lowest BCUT2D eigenvalue weighted by Gasteiger charge is -2.17. The molecule has 3 heteroatoms. The molecule has 0 aromatic heterocycles. The van der Waals surface area contributed by atoms with Gasteiger partial charge in [-0.1, -0.05) is 35.4 Å². The molecule has 2 N–H and O–H groups in total. The number of hydrogen-bond donors (Lipinski definition) is 1. The summed E-state index contributed by atoms with van der Waals surface area (Å²) in [4.78, 5) is 0. The number of aryl methyl sites for hydroxylation is 2. The Morgan fingerprint density at radius 1 is 1.15 bits per heavy atom. The Morgan fingerprint density at radius 2 is 1.80 bits per heavy atom. The summed E-state index contributed by atoms with van der Waals surface area (Å²) in [6.07, 6.45) is 0.583.